The number of nitriles is 1. The van der Waals surface area contributed by atoms with Crippen LogP contribution in [0.15, 0.2) is 0 Å². The van der Waals surface area contributed by atoms with Crippen molar-refractivity contribution >= 4 is 0 Å². The van der Waals surface area contributed by atoms with Gasteiger partial charge < -0.3 is 10.8 Å². The lowest BCUT2D eigenvalue weighted by Gasteiger charge is -2.16. The third-order valence-electron chi connectivity index (χ3n) is 2.14. The van der Waals surface area contributed by atoms with Crippen LogP contribution in [0.5, 0.6) is 0 Å². The van der Waals surface area contributed by atoms with Gasteiger partial charge in [-0.25, -0.2) is 0 Å². The molecule has 0 spiro atoms. The third-order valence-corrected chi connectivity index (χ3v) is 2.14. The molecule has 0 aliphatic carbocycles. The predicted molar refractivity (Wildman–Crippen MR) is 80.2 cm³/mol. The highest BCUT2D eigenvalue weighted by molar-refractivity contribution is 4.62. The number of nitrogens with two attached hydrogens (primary N) is 1. The second kappa shape index (κ2) is 16.4. The molecule has 0 saturated heterocycles. The van der Waals surface area contributed by atoms with Crippen molar-refractivity contribution in [2.24, 2.45) is 11.1 Å². The van der Waals surface area contributed by atoms with E-state index in [1.54, 1.807) is 0 Å². The van der Waals surface area contributed by atoms with Gasteiger partial charge in [-0.1, -0.05) is 41.0 Å². The summed E-state index contributed by atoms with van der Waals surface area (Å²) in [6.07, 6.45) is 5.03. The van der Waals surface area contributed by atoms with Gasteiger partial charge >= 0.3 is 0 Å². The van der Waals surface area contributed by atoms with E-state index in [2.05, 4.69) is 27.7 Å². The van der Waals surface area contributed by atoms with Crippen molar-refractivity contribution in [3.05, 3.63) is 0 Å². The van der Waals surface area contributed by atoms with Gasteiger partial charge in [0.15, 0.2) is 0 Å². The summed E-state index contributed by atoms with van der Waals surface area (Å²) in [5.74, 6) is 0. The molecule has 18 heavy (non-hydrogen) atoms. The topological polar surface area (TPSA) is 70.0 Å². The van der Waals surface area contributed by atoms with E-state index >= 15 is 0 Å². The van der Waals surface area contributed by atoms with Crippen LogP contribution in [-0.2, 0) is 0 Å². The maximum atomic E-state index is 8.46. The molecule has 0 fully saturated rings. The zero-order valence-corrected chi connectivity index (χ0v) is 13.3. The molecule has 3 N–H and O–H groups in total. The van der Waals surface area contributed by atoms with E-state index in [0.717, 1.165) is 19.3 Å². The Morgan fingerprint density at radius 2 is 1.61 bits per heavy atom. The summed E-state index contributed by atoms with van der Waals surface area (Å²) in [5, 5.41) is 16.1. The van der Waals surface area contributed by atoms with Gasteiger partial charge in [0.1, 0.15) is 0 Å². The molecule has 0 aliphatic heterocycles. The van der Waals surface area contributed by atoms with Crippen molar-refractivity contribution in [1.29, 1.82) is 5.26 Å². The van der Waals surface area contributed by atoms with E-state index in [0.29, 0.717) is 24.5 Å². The smallest absolute Gasteiger partial charge is 0.0618 e. The Morgan fingerprint density at radius 3 is 1.78 bits per heavy atom. The molecule has 0 amide bonds. The Kier molecular flexibility index (Phi) is 20.6. The quantitative estimate of drug-likeness (QED) is 0.752. The second-order valence-corrected chi connectivity index (χ2v) is 5.64. The summed E-state index contributed by atoms with van der Waals surface area (Å²) in [5.41, 5.74) is 5.73. The minimum atomic E-state index is 0.343. The van der Waals surface area contributed by atoms with Gasteiger partial charge in [0, 0.05) is 19.1 Å². The number of aliphatic hydroxyl groups excluding tert-OH is 1. The first-order valence-corrected chi connectivity index (χ1v) is 6.98. The Balaban J connectivity index is -0.000000212. The standard InChI is InChI=1S/C8H18O.C4H11N.C3H5N/c1-8(2,3)6-4-5-7-9;1-3-4(2)5;1-2-3-4/h9H,4-7H2,1-3H3;4H,3,5H2,1-2H3;2H2,1H3. The van der Waals surface area contributed by atoms with Crippen LogP contribution in [0.3, 0.4) is 0 Å². The van der Waals surface area contributed by atoms with Crippen molar-refractivity contribution in [2.45, 2.75) is 79.7 Å². The number of nitrogens with zero attached hydrogens (tertiary/aromatic N) is 1. The van der Waals surface area contributed by atoms with E-state index in [-0.39, 0.29) is 0 Å². The minimum absolute atomic E-state index is 0.343. The summed E-state index contributed by atoms with van der Waals surface area (Å²) >= 11 is 0. The highest BCUT2D eigenvalue weighted by Crippen LogP contribution is 2.20. The predicted octanol–water partition coefficient (Wildman–Crippen LogP) is 3.86. The summed E-state index contributed by atoms with van der Waals surface area (Å²) in [6.45, 7) is 12.9. The fraction of sp³-hybridized carbons (Fsp3) is 0.933. The zero-order valence-electron chi connectivity index (χ0n) is 13.3. The lowest BCUT2D eigenvalue weighted by molar-refractivity contribution is 0.267. The second-order valence-electron chi connectivity index (χ2n) is 5.64. The Labute approximate surface area is 114 Å². The SMILES string of the molecule is CC(C)(C)CCCCO.CCC#N.CCC(C)N. The molecule has 110 valence electrons. The van der Waals surface area contributed by atoms with E-state index in [1.165, 1.54) is 6.42 Å². The van der Waals surface area contributed by atoms with Crippen molar-refractivity contribution in [2.75, 3.05) is 6.61 Å². The van der Waals surface area contributed by atoms with Crippen LogP contribution in [0.4, 0.5) is 0 Å². The monoisotopic (exact) mass is 258 g/mol. The average Bonchev–Trinajstić information content (AvgIpc) is 2.29. The van der Waals surface area contributed by atoms with Crippen LogP contribution >= 0.6 is 0 Å². The molecule has 3 nitrogen and oxygen atoms in total. The largest absolute Gasteiger partial charge is 0.396 e. The first-order valence-electron chi connectivity index (χ1n) is 6.98. The molecule has 1 atom stereocenters. The fourth-order valence-corrected chi connectivity index (χ4v) is 0.767. The van der Waals surface area contributed by atoms with Gasteiger partial charge in [-0.3, -0.25) is 0 Å². The highest BCUT2D eigenvalue weighted by atomic mass is 16.2. The summed E-state index contributed by atoms with van der Waals surface area (Å²) in [7, 11) is 0. The first kappa shape index (κ1) is 22.6. The third kappa shape index (κ3) is 45.2. The van der Waals surface area contributed by atoms with Crippen LogP contribution in [-0.4, -0.2) is 17.8 Å². The van der Waals surface area contributed by atoms with Gasteiger partial charge in [0.25, 0.3) is 0 Å². The van der Waals surface area contributed by atoms with Gasteiger partial charge in [0.2, 0.25) is 0 Å². The van der Waals surface area contributed by atoms with E-state index < -0.39 is 0 Å². The molecular formula is C15H34N2O. The summed E-state index contributed by atoms with van der Waals surface area (Å²) in [6, 6.07) is 2.31. The molecule has 0 rings (SSSR count). The molecule has 0 radical (unpaired) electrons. The molecule has 0 bridgehead atoms. The van der Waals surface area contributed by atoms with Gasteiger partial charge in [-0.05, 0) is 31.6 Å². The molecule has 1 unspecified atom stereocenters. The lowest BCUT2D eigenvalue weighted by Crippen LogP contribution is -2.11. The molecule has 0 aromatic rings. The number of hydrogen-bond donors (Lipinski definition) is 2. The minimum Gasteiger partial charge on any atom is -0.396 e. The van der Waals surface area contributed by atoms with E-state index in [1.807, 2.05) is 19.9 Å². The van der Waals surface area contributed by atoms with Crippen molar-refractivity contribution in [3.8, 4) is 6.07 Å². The Bertz CT molecular complexity index is 178. The summed E-state index contributed by atoms with van der Waals surface area (Å²) in [4.78, 5) is 0. The number of unbranched alkanes of at least 4 members (excludes halogenated alkanes) is 1. The zero-order chi connectivity index (χ0) is 15.0. The Hall–Kier alpha value is -0.590. The average molecular weight is 258 g/mol. The van der Waals surface area contributed by atoms with Gasteiger partial charge in [-0.15, -0.1) is 0 Å². The molecule has 0 aliphatic rings. The van der Waals surface area contributed by atoms with Crippen LogP contribution in [0.1, 0.15) is 73.6 Å². The van der Waals surface area contributed by atoms with E-state index in [4.69, 9.17) is 16.1 Å². The van der Waals surface area contributed by atoms with E-state index in [9.17, 15) is 0 Å². The molecule has 3 heteroatoms. The maximum Gasteiger partial charge on any atom is 0.0618 e. The van der Waals surface area contributed by atoms with Crippen LogP contribution in [0.2, 0.25) is 0 Å². The number of hydrogen-bond acceptors (Lipinski definition) is 3. The van der Waals surface area contributed by atoms with Crippen LogP contribution in [0.25, 0.3) is 0 Å². The van der Waals surface area contributed by atoms with Crippen LogP contribution in [0, 0.1) is 16.7 Å². The first-order chi connectivity index (χ1) is 8.24. The normalized spacial score (nSPS) is 11.3. The highest BCUT2D eigenvalue weighted by Gasteiger charge is 2.07. The molecule has 0 heterocycles. The van der Waals surface area contributed by atoms with Crippen molar-refractivity contribution in [3.63, 3.8) is 0 Å². The van der Waals surface area contributed by atoms with Crippen LogP contribution < -0.4 is 5.73 Å². The molecule has 0 aromatic heterocycles. The fourth-order valence-electron chi connectivity index (χ4n) is 0.767. The lowest BCUT2D eigenvalue weighted by atomic mass is 9.90. The maximum absolute atomic E-state index is 8.46. The summed E-state index contributed by atoms with van der Waals surface area (Å²) < 4.78 is 0. The van der Waals surface area contributed by atoms with Gasteiger partial charge in [0.05, 0.1) is 6.07 Å². The Morgan fingerprint density at radius 1 is 1.22 bits per heavy atom. The molecule has 0 aromatic carbocycles. The van der Waals surface area contributed by atoms with Crippen molar-refractivity contribution < 1.29 is 5.11 Å². The molecule has 0 saturated carbocycles. The molecular weight excluding hydrogens is 224 g/mol. The van der Waals surface area contributed by atoms with Crippen molar-refractivity contribution in [1.82, 2.24) is 0 Å². The number of rotatable bonds is 4. The number of aliphatic hydroxyl groups is 1. The van der Waals surface area contributed by atoms with Gasteiger partial charge in [-0.2, -0.15) is 5.26 Å².